The van der Waals surface area contributed by atoms with Gasteiger partial charge in [0, 0.05) is 0 Å². The van der Waals surface area contributed by atoms with Gasteiger partial charge in [-0.25, -0.2) is 0 Å². The van der Waals surface area contributed by atoms with Crippen LogP contribution < -0.4 is 0 Å². The number of hydrogen-bond donors (Lipinski definition) is 1. The summed E-state index contributed by atoms with van der Waals surface area (Å²) in [5, 5.41) is 8.54. The number of aliphatic carboxylic acids is 1. The van der Waals surface area contributed by atoms with Crippen molar-refractivity contribution in [2.24, 2.45) is 5.92 Å². The van der Waals surface area contributed by atoms with Gasteiger partial charge in [0.1, 0.15) is 0 Å². The predicted octanol–water partition coefficient (Wildman–Crippen LogP) is 0.178. The Bertz CT molecular complexity index is 110. The zero-order valence-electron chi connectivity index (χ0n) is 5.97. The molecule has 1 aliphatic carbocycles. The van der Waals surface area contributed by atoms with E-state index in [-0.39, 0.29) is 30.3 Å². The second-order valence-corrected chi connectivity index (χ2v) is 2.67. The average Bonchev–Trinajstić information content (AvgIpc) is 1.90. The van der Waals surface area contributed by atoms with E-state index in [1.165, 1.54) is 6.42 Å². The molecule has 4 heteroatoms. The Morgan fingerprint density at radius 3 is 1.91 bits per heavy atom. The standard InChI is InChI=1S/C7H12O2.Li.H2O.H/c8-7(9)6-4-2-1-3-5-6;;;/h6H,1-5H2,(H,8,9);;1H2;. The molecule has 0 atom stereocenters. The van der Waals surface area contributed by atoms with E-state index in [4.69, 9.17) is 5.11 Å². The molecule has 1 aliphatic rings. The van der Waals surface area contributed by atoms with E-state index in [2.05, 4.69) is 0 Å². The molecular formula is C7H15LiO3. The molecule has 1 rings (SSSR count). The third-order valence-corrected chi connectivity index (χ3v) is 1.95. The molecule has 0 amide bonds. The summed E-state index contributed by atoms with van der Waals surface area (Å²) < 4.78 is 0. The Labute approximate surface area is 78.7 Å². The molecule has 3 nitrogen and oxygen atoms in total. The summed E-state index contributed by atoms with van der Waals surface area (Å²) in [6, 6.07) is 0. The fourth-order valence-electron chi connectivity index (χ4n) is 1.35. The molecule has 1 fully saturated rings. The van der Waals surface area contributed by atoms with Gasteiger partial charge in [0.2, 0.25) is 0 Å². The maximum absolute atomic E-state index is 10.4. The predicted molar refractivity (Wildman–Crippen MR) is 45.0 cm³/mol. The van der Waals surface area contributed by atoms with E-state index in [9.17, 15) is 4.79 Å². The molecule has 0 bridgehead atoms. The second kappa shape index (κ2) is 6.72. The van der Waals surface area contributed by atoms with Gasteiger partial charge >= 0.3 is 24.8 Å². The van der Waals surface area contributed by atoms with Gasteiger partial charge in [-0.2, -0.15) is 0 Å². The van der Waals surface area contributed by atoms with Crippen LogP contribution in [0.2, 0.25) is 0 Å². The molecule has 0 unspecified atom stereocenters. The number of carboxylic acid groups (broad SMARTS) is 1. The minimum atomic E-state index is -0.602. The van der Waals surface area contributed by atoms with Gasteiger partial charge in [0.05, 0.1) is 5.92 Å². The summed E-state index contributed by atoms with van der Waals surface area (Å²) in [7, 11) is 0. The van der Waals surface area contributed by atoms with Crippen molar-refractivity contribution in [2.45, 2.75) is 32.1 Å². The molecule has 0 spiro atoms. The fraction of sp³-hybridized carbons (Fsp3) is 0.857. The molecule has 11 heavy (non-hydrogen) atoms. The van der Waals surface area contributed by atoms with Crippen LogP contribution in [0.1, 0.15) is 32.1 Å². The summed E-state index contributed by atoms with van der Waals surface area (Å²) in [6.07, 6.45) is 5.24. The first-order chi connectivity index (χ1) is 4.30. The van der Waals surface area contributed by atoms with E-state index in [1.54, 1.807) is 0 Å². The fourth-order valence-corrected chi connectivity index (χ4v) is 1.35. The number of carboxylic acids is 1. The monoisotopic (exact) mass is 154 g/mol. The van der Waals surface area contributed by atoms with E-state index in [0.29, 0.717) is 0 Å². The van der Waals surface area contributed by atoms with Gasteiger partial charge in [-0.05, 0) is 12.8 Å². The van der Waals surface area contributed by atoms with Crippen LogP contribution in [0.3, 0.4) is 0 Å². The van der Waals surface area contributed by atoms with Crippen LogP contribution in [0.5, 0.6) is 0 Å². The van der Waals surface area contributed by atoms with Crippen molar-refractivity contribution in [3.05, 3.63) is 0 Å². The van der Waals surface area contributed by atoms with Gasteiger partial charge in [-0.1, -0.05) is 19.3 Å². The Balaban J connectivity index is 0. The quantitative estimate of drug-likeness (QED) is 0.547. The molecule has 62 valence electrons. The van der Waals surface area contributed by atoms with Gasteiger partial charge in [0.15, 0.2) is 0 Å². The van der Waals surface area contributed by atoms with Gasteiger partial charge in [-0.15, -0.1) is 0 Å². The number of carbonyl (C=O) groups is 1. The third kappa shape index (κ3) is 4.47. The van der Waals surface area contributed by atoms with Crippen molar-refractivity contribution in [2.75, 3.05) is 0 Å². The number of hydrogen-bond acceptors (Lipinski definition) is 1. The molecule has 0 aromatic heterocycles. The first-order valence-corrected chi connectivity index (χ1v) is 3.53. The van der Waals surface area contributed by atoms with Crippen LogP contribution in [0, 0.1) is 5.92 Å². The van der Waals surface area contributed by atoms with E-state index >= 15 is 0 Å². The van der Waals surface area contributed by atoms with Gasteiger partial charge in [-0.3, -0.25) is 4.79 Å². The first-order valence-electron chi connectivity index (χ1n) is 3.53. The topological polar surface area (TPSA) is 68.8 Å². The first kappa shape index (κ1) is 13.6. The zero-order valence-corrected chi connectivity index (χ0v) is 5.97. The zero-order chi connectivity index (χ0) is 6.69. The van der Waals surface area contributed by atoms with Crippen molar-refractivity contribution in [1.29, 1.82) is 0 Å². The number of rotatable bonds is 1. The molecule has 3 N–H and O–H groups in total. The van der Waals surface area contributed by atoms with Gasteiger partial charge in [0.25, 0.3) is 0 Å². The average molecular weight is 154 g/mol. The van der Waals surface area contributed by atoms with Crippen LogP contribution in [-0.2, 0) is 4.79 Å². The molecule has 1 saturated carbocycles. The summed E-state index contributed by atoms with van der Waals surface area (Å²) in [4.78, 5) is 10.4. The van der Waals surface area contributed by atoms with Gasteiger partial charge < -0.3 is 10.6 Å². The van der Waals surface area contributed by atoms with Crippen LogP contribution >= 0.6 is 0 Å². The Kier molecular flexibility index (Phi) is 8.31. The van der Waals surface area contributed by atoms with Crippen LogP contribution in [0.15, 0.2) is 0 Å². The van der Waals surface area contributed by atoms with Crippen molar-refractivity contribution in [3.63, 3.8) is 0 Å². The molecular weight excluding hydrogens is 139 g/mol. The molecule has 0 aromatic rings. The van der Waals surface area contributed by atoms with Crippen molar-refractivity contribution in [1.82, 2.24) is 0 Å². The Morgan fingerprint density at radius 1 is 1.18 bits per heavy atom. The molecule has 0 radical (unpaired) electrons. The normalized spacial score (nSPS) is 17.8. The van der Waals surface area contributed by atoms with Crippen molar-refractivity contribution >= 4 is 24.8 Å². The molecule has 0 aliphatic heterocycles. The maximum atomic E-state index is 10.4. The third-order valence-electron chi connectivity index (χ3n) is 1.95. The van der Waals surface area contributed by atoms with Crippen LogP contribution in [0.4, 0.5) is 0 Å². The summed E-state index contributed by atoms with van der Waals surface area (Å²) in [6.45, 7) is 0. The summed E-state index contributed by atoms with van der Waals surface area (Å²) >= 11 is 0. The van der Waals surface area contributed by atoms with Crippen LogP contribution in [0.25, 0.3) is 0 Å². The molecule has 0 saturated heterocycles. The second-order valence-electron chi connectivity index (χ2n) is 2.67. The van der Waals surface area contributed by atoms with Crippen LogP contribution in [-0.4, -0.2) is 35.4 Å². The Morgan fingerprint density at radius 2 is 1.64 bits per heavy atom. The van der Waals surface area contributed by atoms with Crippen molar-refractivity contribution < 1.29 is 15.4 Å². The van der Waals surface area contributed by atoms with Crippen molar-refractivity contribution in [3.8, 4) is 0 Å². The van der Waals surface area contributed by atoms with E-state index in [0.717, 1.165) is 25.7 Å². The Hall–Kier alpha value is 0.0274. The summed E-state index contributed by atoms with van der Waals surface area (Å²) in [5.41, 5.74) is 0. The summed E-state index contributed by atoms with van der Waals surface area (Å²) in [5.74, 6) is -0.631. The SMILES string of the molecule is O.O=C(O)C1CCCCC1.[LiH]. The van der Waals surface area contributed by atoms with E-state index < -0.39 is 5.97 Å². The van der Waals surface area contributed by atoms with E-state index in [1.807, 2.05) is 0 Å². The minimum absolute atomic E-state index is 0. The molecule has 0 aromatic carbocycles. The molecule has 0 heterocycles.